The average Bonchev–Trinajstić information content (AvgIpc) is 2.69. The first kappa shape index (κ1) is 22.6. The number of sulfonamides is 1. The van der Waals surface area contributed by atoms with E-state index in [1.165, 1.54) is 0 Å². The summed E-state index contributed by atoms with van der Waals surface area (Å²) in [5.41, 5.74) is -1.95. The van der Waals surface area contributed by atoms with Crippen LogP contribution in [0.25, 0.3) is 0 Å². The van der Waals surface area contributed by atoms with E-state index in [0.717, 1.165) is 24.3 Å². The molecule has 31 heavy (non-hydrogen) atoms. The highest BCUT2D eigenvalue weighted by molar-refractivity contribution is 7.92. The molecule has 10 heteroatoms. The molecule has 0 aliphatic rings. The molecule has 0 saturated carbocycles. The third-order valence-electron chi connectivity index (χ3n) is 3.96. The van der Waals surface area contributed by atoms with Crippen molar-refractivity contribution in [2.45, 2.75) is 11.1 Å². The molecule has 0 spiro atoms. The summed E-state index contributed by atoms with van der Waals surface area (Å²) in [6.07, 6.45) is -4.92. The number of nitrogens with one attached hydrogen (secondary N) is 1. The Morgan fingerprint density at radius 1 is 0.839 bits per heavy atom. The lowest BCUT2D eigenvalue weighted by Crippen LogP contribution is -2.17. The van der Waals surface area contributed by atoms with Gasteiger partial charge in [0.2, 0.25) is 0 Å². The van der Waals surface area contributed by atoms with Gasteiger partial charge < -0.3 is 0 Å². The van der Waals surface area contributed by atoms with Gasteiger partial charge in [0.25, 0.3) is 10.0 Å². The molecule has 3 nitrogen and oxygen atoms in total. The molecule has 0 saturated heterocycles. The molecule has 0 heterocycles. The fourth-order valence-corrected chi connectivity index (χ4v) is 4.25. The van der Waals surface area contributed by atoms with Crippen molar-refractivity contribution in [2.24, 2.45) is 0 Å². The number of benzene rings is 3. The van der Waals surface area contributed by atoms with Gasteiger partial charge in [-0.2, -0.15) is 13.2 Å². The van der Waals surface area contributed by atoms with Gasteiger partial charge in [-0.15, -0.1) is 0 Å². The van der Waals surface area contributed by atoms with E-state index in [1.807, 2.05) is 0 Å². The van der Waals surface area contributed by atoms with Gasteiger partial charge in [-0.05, 0) is 36.4 Å². The van der Waals surface area contributed by atoms with Crippen LogP contribution >= 0.6 is 11.6 Å². The quantitative estimate of drug-likeness (QED) is 0.385. The van der Waals surface area contributed by atoms with Gasteiger partial charge in [0.05, 0.1) is 10.6 Å². The first-order chi connectivity index (χ1) is 14.5. The number of halogens is 6. The maximum atomic E-state index is 14.4. The maximum Gasteiger partial charge on any atom is 0.417 e. The largest absolute Gasteiger partial charge is 0.417 e. The van der Waals surface area contributed by atoms with Crippen molar-refractivity contribution in [1.29, 1.82) is 0 Å². The molecule has 1 N–H and O–H groups in total. The van der Waals surface area contributed by atoms with E-state index in [4.69, 9.17) is 11.6 Å². The van der Waals surface area contributed by atoms with Gasteiger partial charge in [0.15, 0.2) is 11.6 Å². The molecule has 0 radical (unpaired) electrons. The lowest BCUT2D eigenvalue weighted by Gasteiger charge is -2.14. The maximum absolute atomic E-state index is 14.4. The summed E-state index contributed by atoms with van der Waals surface area (Å²) in [5, 5.41) is -1.12. The van der Waals surface area contributed by atoms with Crippen LogP contribution in [-0.4, -0.2) is 8.42 Å². The van der Waals surface area contributed by atoms with Crippen LogP contribution in [0.1, 0.15) is 16.7 Å². The Kier molecular flexibility index (Phi) is 6.25. The minimum atomic E-state index is -4.92. The van der Waals surface area contributed by atoms with Crippen LogP contribution in [0.15, 0.2) is 65.6 Å². The number of hydrogen-bond donors (Lipinski definition) is 1. The Morgan fingerprint density at radius 2 is 1.42 bits per heavy atom. The second kappa shape index (κ2) is 8.57. The number of rotatable bonds is 3. The van der Waals surface area contributed by atoms with E-state index in [9.17, 15) is 30.4 Å². The second-order valence-corrected chi connectivity index (χ2v) is 8.18. The second-order valence-electron chi connectivity index (χ2n) is 6.15. The van der Waals surface area contributed by atoms with Crippen LogP contribution in [0, 0.1) is 23.5 Å². The van der Waals surface area contributed by atoms with Crippen LogP contribution in [-0.2, 0) is 16.2 Å². The van der Waals surface area contributed by atoms with Crippen molar-refractivity contribution in [2.75, 3.05) is 4.72 Å². The SMILES string of the molecule is O=S(=O)(Nc1c(F)cc(C#Cc2ccccc2)cc1F)c1cccc(C(F)(F)F)c1Cl. The van der Waals surface area contributed by atoms with Crippen molar-refractivity contribution in [3.63, 3.8) is 0 Å². The van der Waals surface area contributed by atoms with E-state index in [0.29, 0.717) is 11.6 Å². The lowest BCUT2D eigenvalue weighted by molar-refractivity contribution is -0.137. The summed E-state index contributed by atoms with van der Waals surface area (Å²) in [4.78, 5) is -0.976. The molecule has 3 aromatic carbocycles. The minimum absolute atomic E-state index is 0.0705. The van der Waals surface area contributed by atoms with E-state index >= 15 is 0 Å². The molecule has 0 bridgehead atoms. The predicted octanol–water partition coefficient (Wildman–Crippen LogP) is 5.84. The fourth-order valence-electron chi connectivity index (χ4n) is 2.54. The lowest BCUT2D eigenvalue weighted by atomic mass is 10.1. The Morgan fingerprint density at radius 3 is 2.00 bits per heavy atom. The van der Waals surface area contributed by atoms with Crippen molar-refractivity contribution in [1.82, 2.24) is 0 Å². The molecular formula is C21H11ClF5NO2S. The highest BCUT2D eigenvalue weighted by Gasteiger charge is 2.36. The summed E-state index contributed by atoms with van der Waals surface area (Å²) in [7, 11) is -4.84. The molecule has 0 fully saturated rings. The molecule has 0 unspecified atom stereocenters. The number of alkyl halides is 3. The minimum Gasteiger partial charge on any atom is -0.274 e. The van der Waals surface area contributed by atoms with E-state index in [1.54, 1.807) is 35.1 Å². The van der Waals surface area contributed by atoms with E-state index < -0.39 is 49.0 Å². The highest BCUT2D eigenvalue weighted by atomic mass is 35.5. The fraction of sp³-hybridized carbons (Fsp3) is 0.0476. The van der Waals surface area contributed by atoms with Crippen molar-refractivity contribution in [3.8, 4) is 11.8 Å². The summed E-state index contributed by atoms with van der Waals surface area (Å²) in [5.74, 6) is 2.63. The molecular weight excluding hydrogens is 461 g/mol. The Labute approximate surface area is 179 Å². The molecule has 3 rings (SSSR count). The van der Waals surface area contributed by atoms with Crippen molar-refractivity contribution in [3.05, 3.63) is 94.0 Å². The standard InChI is InChI=1S/C21H11ClF5NO2S/c22-19-15(21(25,26)27)7-4-8-18(19)31(29,30)28-20-16(23)11-14(12-17(20)24)10-9-13-5-2-1-3-6-13/h1-8,11-12,28H. The van der Waals surface area contributed by atoms with Gasteiger partial charge in [-0.25, -0.2) is 17.2 Å². The zero-order valence-corrected chi connectivity index (χ0v) is 16.8. The summed E-state index contributed by atoms with van der Waals surface area (Å²) < 4.78 is 94.3. The van der Waals surface area contributed by atoms with Crippen molar-refractivity contribution >= 4 is 27.3 Å². The molecule has 0 aliphatic carbocycles. The van der Waals surface area contributed by atoms with Crippen LogP contribution in [0.2, 0.25) is 5.02 Å². The van der Waals surface area contributed by atoms with Gasteiger partial charge in [0.1, 0.15) is 10.6 Å². The molecule has 3 aromatic rings. The third-order valence-corrected chi connectivity index (χ3v) is 5.87. The zero-order valence-electron chi connectivity index (χ0n) is 15.3. The summed E-state index contributed by atoms with van der Waals surface area (Å²) >= 11 is 5.60. The smallest absolute Gasteiger partial charge is 0.274 e. The monoisotopic (exact) mass is 471 g/mol. The topological polar surface area (TPSA) is 46.2 Å². The average molecular weight is 472 g/mol. The Hall–Kier alpha value is -3.09. The van der Waals surface area contributed by atoms with Gasteiger partial charge in [0, 0.05) is 11.1 Å². The first-order valence-electron chi connectivity index (χ1n) is 8.43. The van der Waals surface area contributed by atoms with Gasteiger partial charge in [-0.1, -0.05) is 47.7 Å². The molecule has 0 aliphatic heterocycles. The van der Waals surface area contributed by atoms with E-state index in [-0.39, 0.29) is 5.56 Å². The molecule has 0 aromatic heterocycles. The van der Waals surface area contributed by atoms with Gasteiger partial charge >= 0.3 is 6.18 Å². The number of hydrogen-bond acceptors (Lipinski definition) is 2. The number of anilines is 1. The Bertz CT molecular complexity index is 1270. The van der Waals surface area contributed by atoms with Crippen LogP contribution in [0.3, 0.4) is 0 Å². The predicted molar refractivity (Wildman–Crippen MR) is 106 cm³/mol. The molecule has 160 valence electrons. The molecule has 0 amide bonds. The summed E-state index contributed by atoms with van der Waals surface area (Å²) in [6.45, 7) is 0. The third kappa shape index (κ3) is 5.16. The Balaban J connectivity index is 1.95. The van der Waals surface area contributed by atoms with Crippen LogP contribution < -0.4 is 4.72 Å². The first-order valence-corrected chi connectivity index (χ1v) is 10.3. The highest BCUT2D eigenvalue weighted by Crippen LogP contribution is 2.38. The normalized spacial score (nSPS) is 11.5. The van der Waals surface area contributed by atoms with Crippen LogP contribution in [0.5, 0.6) is 0 Å². The molecule has 0 atom stereocenters. The van der Waals surface area contributed by atoms with E-state index in [2.05, 4.69) is 11.8 Å². The van der Waals surface area contributed by atoms with Crippen molar-refractivity contribution < 1.29 is 30.4 Å². The van der Waals surface area contributed by atoms with Gasteiger partial charge in [-0.3, -0.25) is 4.72 Å². The van der Waals surface area contributed by atoms with Crippen LogP contribution in [0.4, 0.5) is 27.6 Å². The summed E-state index contributed by atoms with van der Waals surface area (Å²) in [6, 6.07) is 12.4. The zero-order chi connectivity index (χ0) is 22.8.